The van der Waals surface area contributed by atoms with Crippen molar-refractivity contribution in [1.82, 2.24) is 9.97 Å². The van der Waals surface area contributed by atoms with Gasteiger partial charge in [-0.3, -0.25) is 9.78 Å². The highest BCUT2D eigenvalue weighted by atomic mass is 32.2. The van der Waals surface area contributed by atoms with Crippen LogP contribution in [0.1, 0.15) is 26.7 Å². The molecule has 0 bridgehead atoms. The topological polar surface area (TPSA) is 64.1 Å². The minimum absolute atomic E-state index is 0.00311. The molecule has 1 saturated heterocycles. The van der Waals surface area contributed by atoms with E-state index in [4.69, 9.17) is 4.74 Å². The highest BCUT2D eigenvalue weighted by Crippen LogP contribution is 2.32. The van der Waals surface area contributed by atoms with E-state index in [1.807, 2.05) is 31.4 Å². The molecule has 2 aromatic rings. The molecule has 0 aromatic carbocycles. The molecule has 0 radical (unpaired) electrons. The monoisotopic (exact) mass is 377 g/mol. The molecule has 7 heteroatoms. The van der Waals surface area contributed by atoms with Crippen LogP contribution < -0.4 is 5.32 Å². The second-order valence-electron chi connectivity index (χ2n) is 6.61. The molecule has 0 saturated carbocycles. The minimum atomic E-state index is -0.488. The van der Waals surface area contributed by atoms with Crippen molar-refractivity contribution in [2.75, 3.05) is 24.3 Å². The summed E-state index contributed by atoms with van der Waals surface area (Å²) in [6.07, 6.45) is 5.68. The third-order valence-corrected chi connectivity index (χ3v) is 6.55. The number of aromatic nitrogens is 2. The van der Waals surface area contributed by atoms with Crippen molar-refractivity contribution < 1.29 is 9.53 Å². The summed E-state index contributed by atoms with van der Waals surface area (Å²) >= 11 is 3.15. The first-order valence-electron chi connectivity index (χ1n) is 8.44. The fraction of sp³-hybridized carbons (Fsp3) is 0.500. The Bertz CT molecular complexity index is 697. The van der Waals surface area contributed by atoms with Gasteiger partial charge >= 0.3 is 0 Å². The Morgan fingerprint density at radius 3 is 2.96 bits per heavy atom. The standard InChI is InChI=1S/C18H23N3O2S2/c1-18(2,25-11-13-5-8-23-9-6-13)16(22)21-17-20-15(12-24-17)14-4-3-7-19-10-14/h3-4,7,10,12-13H,5-6,8-9,11H2,1-2H3,(H,20,21,22). The molecule has 5 nitrogen and oxygen atoms in total. The van der Waals surface area contributed by atoms with E-state index in [0.717, 1.165) is 43.1 Å². The molecular formula is C18H23N3O2S2. The zero-order valence-electron chi connectivity index (χ0n) is 14.5. The lowest BCUT2D eigenvalue weighted by Gasteiger charge is -2.27. The number of hydrogen-bond donors (Lipinski definition) is 1. The van der Waals surface area contributed by atoms with Crippen LogP contribution in [0.5, 0.6) is 0 Å². The van der Waals surface area contributed by atoms with E-state index >= 15 is 0 Å². The van der Waals surface area contributed by atoms with E-state index in [1.54, 1.807) is 24.2 Å². The van der Waals surface area contributed by atoms with Crippen LogP contribution in [0.2, 0.25) is 0 Å². The number of hydrogen-bond acceptors (Lipinski definition) is 6. The Morgan fingerprint density at radius 2 is 2.24 bits per heavy atom. The van der Waals surface area contributed by atoms with E-state index < -0.39 is 4.75 Å². The summed E-state index contributed by atoms with van der Waals surface area (Å²) in [6, 6.07) is 3.84. The molecule has 1 fully saturated rings. The zero-order chi connectivity index (χ0) is 17.7. The maximum absolute atomic E-state index is 12.7. The van der Waals surface area contributed by atoms with Crippen molar-refractivity contribution in [2.45, 2.75) is 31.4 Å². The lowest BCUT2D eigenvalue weighted by molar-refractivity contribution is -0.117. The fourth-order valence-corrected chi connectivity index (χ4v) is 4.41. The first-order chi connectivity index (χ1) is 12.0. The first kappa shape index (κ1) is 18.4. The number of carbonyl (C=O) groups is 1. The number of pyridine rings is 1. The van der Waals surface area contributed by atoms with Crippen molar-refractivity contribution in [3.8, 4) is 11.3 Å². The van der Waals surface area contributed by atoms with E-state index in [0.29, 0.717) is 11.0 Å². The number of carbonyl (C=O) groups excluding carboxylic acids is 1. The molecule has 1 N–H and O–H groups in total. The molecule has 3 rings (SSSR count). The summed E-state index contributed by atoms with van der Waals surface area (Å²) in [5.41, 5.74) is 1.79. The van der Waals surface area contributed by atoms with E-state index in [1.165, 1.54) is 11.3 Å². The van der Waals surface area contributed by atoms with Crippen LogP contribution in [-0.2, 0) is 9.53 Å². The first-order valence-corrected chi connectivity index (χ1v) is 10.3. The van der Waals surface area contributed by atoms with Gasteiger partial charge in [-0.05, 0) is 50.5 Å². The number of nitrogens with one attached hydrogen (secondary N) is 1. The molecule has 3 heterocycles. The normalized spacial score (nSPS) is 15.9. The summed E-state index contributed by atoms with van der Waals surface area (Å²) in [7, 11) is 0. The number of nitrogens with zero attached hydrogens (tertiary/aromatic N) is 2. The number of thiazole rings is 1. The molecule has 0 aliphatic carbocycles. The van der Waals surface area contributed by atoms with Gasteiger partial charge in [0.15, 0.2) is 5.13 Å². The van der Waals surface area contributed by atoms with Gasteiger partial charge in [0.2, 0.25) is 5.91 Å². The zero-order valence-corrected chi connectivity index (χ0v) is 16.2. The van der Waals surface area contributed by atoms with Gasteiger partial charge in [-0.1, -0.05) is 0 Å². The largest absolute Gasteiger partial charge is 0.381 e. The molecule has 0 atom stereocenters. The number of ether oxygens (including phenoxy) is 1. The Kier molecular flexibility index (Phi) is 6.09. The molecule has 25 heavy (non-hydrogen) atoms. The maximum Gasteiger partial charge on any atom is 0.241 e. The maximum atomic E-state index is 12.7. The summed E-state index contributed by atoms with van der Waals surface area (Å²) < 4.78 is 4.91. The predicted molar refractivity (Wildman–Crippen MR) is 104 cm³/mol. The molecule has 1 aliphatic rings. The summed E-state index contributed by atoms with van der Waals surface area (Å²) in [5, 5.41) is 5.53. The molecule has 0 spiro atoms. The highest BCUT2D eigenvalue weighted by Gasteiger charge is 2.30. The van der Waals surface area contributed by atoms with Gasteiger partial charge in [0.1, 0.15) is 0 Å². The molecule has 2 aromatic heterocycles. The van der Waals surface area contributed by atoms with Gasteiger partial charge in [-0.15, -0.1) is 23.1 Å². The second-order valence-corrected chi connectivity index (χ2v) is 9.11. The molecule has 0 unspecified atom stereocenters. The second kappa shape index (κ2) is 8.29. The number of rotatable bonds is 6. The van der Waals surface area contributed by atoms with Gasteiger partial charge in [-0.2, -0.15) is 0 Å². The van der Waals surface area contributed by atoms with Crippen molar-refractivity contribution >= 4 is 34.1 Å². The third-order valence-electron chi connectivity index (χ3n) is 4.25. The lowest BCUT2D eigenvalue weighted by atomic mass is 10.0. The van der Waals surface area contributed by atoms with Gasteiger partial charge in [-0.25, -0.2) is 4.98 Å². The van der Waals surface area contributed by atoms with Crippen molar-refractivity contribution in [3.63, 3.8) is 0 Å². The van der Waals surface area contributed by atoms with Gasteiger partial charge in [0, 0.05) is 36.6 Å². The molecular weight excluding hydrogens is 354 g/mol. The van der Waals surface area contributed by atoms with Crippen LogP contribution >= 0.6 is 23.1 Å². The highest BCUT2D eigenvalue weighted by molar-refractivity contribution is 8.01. The Morgan fingerprint density at radius 1 is 1.44 bits per heavy atom. The molecule has 1 amide bonds. The average molecular weight is 378 g/mol. The van der Waals surface area contributed by atoms with E-state index in [-0.39, 0.29) is 5.91 Å². The predicted octanol–water partition coefficient (Wildman–Crippen LogP) is 4.08. The smallest absolute Gasteiger partial charge is 0.241 e. The number of anilines is 1. The molecule has 1 aliphatic heterocycles. The quantitative estimate of drug-likeness (QED) is 0.822. The van der Waals surface area contributed by atoms with E-state index in [9.17, 15) is 4.79 Å². The number of thioether (sulfide) groups is 1. The summed E-state index contributed by atoms with van der Waals surface area (Å²) in [6.45, 7) is 5.63. The minimum Gasteiger partial charge on any atom is -0.381 e. The van der Waals surface area contributed by atoms with Crippen LogP contribution in [0.15, 0.2) is 29.9 Å². The lowest BCUT2D eigenvalue weighted by Crippen LogP contribution is -2.35. The molecule has 134 valence electrons. The van der Waals surface area contributed by atoms with Crippen LogP contribution in [0.3, 0.4) is 0 Å². The number of amides is 1. The van der Waals surface area contributed by atoms with Gasteiger partial charge in [0.05, 0.1) is 10.4 Å². The van der Waals surface area contributed by atoms with E-state index in [2.05, 4.69) is 15.3 Å². The Balaban J connectivity index is 1.56. The Hall–Kier alpha value is -1.44. The average Bonchev–Trinajstić information content (AvgIpc) is 3.10. The summed E-state index contributed by atoms with van der Waals surface area (Å²) in [4.78, 5) is 21.3. The van der Waals surface area contributed by atoms with Crippen molar-refractivity contribution in [2.24, 2.45) is 5.92 Å². The van der Waals surface area contributed by atoms with Crippen molar-refractivity contribution in [1.29, 1.82) is 0 Å². The van der Waals surface area contributed by atoms with Gasteiger partial charge in [0.25, 0.3) is 0 Å². The van der Waals surface area contributed by atoms with Crippen molar-refractivity contribution in [3.05, 3.63) is 29.9 Å². The van der Waals surface area contributed by atoms with Crippen LogP contribution in [0.25, 0.3) is 11.3 Å². The summed E-state index contributed by atoms with van der Waals surface area (Å²) in [5.74, 6) is 1.63. The Labute approximate surface area is 156 Å². The van der Waals surface area contributed by atoms with Gasteiger partial charge < -0.3 is 10.1 Å². The fourth-order valence-electron chi connectivity index (χ4n) is 2.53. The van der Waals surface area contributed by atoms with Crippen LogP contribution in [0, 0.1) is 5.92 Å². The van der Waals surface area contributed by atoms with Crippen LogP contribution in [0.4, 0.5) is 5.13 Å². The van der Waals surface area contributed by atoms with Crippen LogP contribution in [-0.4, -0.2) is 39.6 Å². The SMILES string of the molecule is CC(C)(SCC1CCOCC1)C(=O)Nc1nc(-c2cccnc2)cs1. The third kappa shape index (κ3) is 5.03.